The van der Waals surface area contributed by atoms with Gasteiger partial charge in [-0.15, -0.1) is 0 Å². The largest absolute Gasteiger partial charge is 0.480 e. The van der Waals surface area contributed by atoms with Gasteiger partial charge in [-0.1, -0.05) is 6.07 Å². The van der Waals surface area contributed by atoms with E-state index in [1.165, 1.54) is 12.1 Å². The molecule has 0 heterocycles. The third kappa shape index (κ3) is 2.52. The highest BCUT2D eigenvalue weighted by molar-refractivity contribution is 5.84. The highest BCUT2D eigenvalue weighted by Gasteiger charge is 2.47. The maximum Gasteiger partial charge on any atom is 0.329 e. The summed E-state index contributed by atoms with van der Waals surface area (Å²) in [6, 6.07) is 4.42. The van der Waals surface area contributed by atoms with Gasteiger partial charge in [0.25, 0.3) is 5.69 Å². The fourth-order valence-electron chi connectivity index (χ4n) is 2.13. The molecule has 1 fully saturated rings. The number of aryl methyl sites for hydroxylation is 1. The predicted octanol–water partition coefficient (Wildman–Crippen LogP) is 2.57. The molecule has 1 aromatic rings. The number of aliphatic carboxylic acids is 1. The molecule has 2 N–H and O–H groups in total. The lowest BCUT2D eigenvalue weighted by Crippen LogP contribution is -2.45. The van der Waals surface area contributed by atoms with Crippen LogP contribution in [0.1, 0.15) is 25.3 Å². The Kier molecular flexibility index (Phi) is 3.18. The summed E-state index contributed by atoms with van der Waals surface area (Å²) in [5.74, 6) is -0.857. The molecule has 19 heavy (non-hydrogen) atoms. The molecule has 1 aliphatic carbocycles. The molecule has 1 saturated carbocycles. The lowest BCUT2D eigenvalue weighted by molar-refractivity contribution is -0.384. The van der Waals surface area contributed by atoms with Crippen molar-refractivity contribution in [1.29, 1.82) is 0 Å². The van der Waals surface area contributed by atoms with Gasteiger partial charge >= 0.3 is 5.97 Å². The zero-order valence-electron chi connectivity index (χ0n) is 10.8. The molecule has 0 amide bonds. The average Bonchev–Trinajstić information content (AvgIpc) is 3.15. The Morgan fingerprint density at radius 1 is 1.53 bits per heavy atom. The monoisotopic (exact) mass is 264 g/mol. The first-order valence-corrected chi connectivity index (χ1v) is 6.11. The number of anilines is 1. The van der Waals surface area contributed by atoms with Crippen LogP contribution in [0.2, 0.25) is 0 Å². The number of nitrogens with one attached hydrogen (secondary N) is 1. The van der Waals surface area contributed by atoms with Gasteiger partial charge in [-0.3, -0.25) is 10.1 Å². The number of rotatable bonds is 5. The third-order valence-corrected chi connectivity index (χ3v) is 3.66. The SMILES string of the molecule is Cc1ccc([N+](=O)[O-])cc1NC(C)(C(=O)O)C1CC1. The Bertz CT molecular complexity index is 539. The minimum atomic E-state index is -1.07. The van der Waals surface area contributed by atoms with E-state index in [9.17, 15) is 20.0 Å². The average molecular weight is 264 g/mol. The first-order chi connectivity index (χ1) is 8.84. The van der Waals surface area contributed by atoms with Crippen LogP contribution in [0, 0.1) is 23.0 Å². The van der Waals surface area contributed by atoms with Crippen molar-refractivity contribution in [1.82, 2.24) is 0 Å². The number of hydrogen-bond donors (Lipinski definition) is 2. The lowest BCUT2D eigenvalue weighted by Gasteiger charge is -2.28. The fraction of sp³-hybridized carbons (Fsp3) is 0.462. The summed E-state index contributed by atoms with van der Waals surface area (Å²) in [5.41, 5.74) is 0.182. The molecular formula is C13H16N2O4. The van der Waals surface area contributed by atoms with E-state index < -0.39 is 16.4 Å². The van der Waals surface area contributed by atoms with Crippen LogP contribution in [-0.4, -0.2) is 21.5 Å². The van der Waals surface area contributed by atoms with Gasteiger partial charge in [0.1, 0.15) is 5.54 Å². The van der Waals surface area contributed by atoms with Crippen molar-refractivity contribution in [3.8, 4) is 0 Å². The molecule has 0 spiro atoms. The van der Waals surface area contributed by atoms with Gasteiger partial charge in [-0.05, 0) is 38.2 Å². The Balaban J connectivity index is 2.33. The zero-order chi connectivity index (χ0) is 14.2. The van der Waals surface area contributed by atoms with E-state index in [-0.39, 0.29) is 11.6 Å². The number of carboxylic acids is 1. The number of nitro benzene ring substituents is 1. The molecule has 0 aliphatic heterocycles. The molecular weight excluding hydrogens is 248 g/mol. The van der Waals surface area contributed by atoms with Gasteiger partial charge in [0.05, 0.1) is 4.92 Å². The van der Waals surface area contributed by atoms with Crippen molar-refractivity contribution in [3.63, 3.8) is 0 Å². The first kappa shape index (κ1) is 13.3. The molecule has 1 aliphatic rings. The highest BCUT2D eigenvalue weighted by atomic mass is 16.6. The lowest BCUT2D eigenvalue weighted by atomic mass is 9.95. The maximum absolute atomic E-state index is 11.4. The van der Waals surface area contributed by atoms with Crippen molar-refractivity contribution >= 4 is 17.3 Å². The van der Waals surface area contributed by atoms with Gasteiger partial charge in [0.15, 0.2) is 0 Å². The van der Waals surface area contributed by atoms with Gasteiger partial charge < -0.3 is 10.4 Å². The van der Waals surface area contributed by atoms with Crippen LogP contribution >= 0.6 is 0 Å². The molecule has 1 unspecified atom stereocenters. The summed E-state index contributed by atoms with van der Waals surface area (Å²) in [7, 11) is 0. The van der Waals surface area contributed by atoms with E-state index in [4.69, 9.17) is 0 Å². The normalized spacial score (nSPS) is 17.6. The van der Waals surface area contributed by atoms with Crippen LogP contribution in [0.4, 0.5) is 11.4 Å². The fourth-order valence-corrected chi connectivity index (χ4v) is 2.13. The van der Waals surface area contributed by atoms with Gasteiger partial charge in [0.2, 0.25) is 0 Å². The van der Waals surface area contributed by atoms with Crippen LogP contribution in [0.5, 0.6) is 0 Å². The van der Waals surface area contributed by atoms with E-state index in [1.54, 1.807) is 19.9 Å². The molecule has 1 aromatic carbocycles. The Labute approximate surface area is 110 Å². The standard InChI is InChI=1S/C13H16N2O4/c1-8-3-6-10(15(18)19)7-11(8)14-13(2,12(16)17)9-4-5-9/h3,6-7,9,14H,4-5H2,1-2H3,(H,16,17). The molecule has 0 aromatic heterocycles. The Morgan fingerprint density at radius 2 is 2.16 bits per heavy atom. The van der Waals surface area contributed by atoms with E-state index >= 15 is 0 Å². The van der Waals surface area contributed by atoms with Crippen molar-refractivity contribution in [2.24, 2.45) is 5.92 Å². The topological polar surface area (TPSA) is 92.5 Å². The molecule has 0 saturated heterocycles. The molecule has 102 valence electrons. The zero-order valence-corrected chi connectivity index (χ0v) is 10.8. The van der Waals surface area contributed by atoms with E-state index in [1.807, 2.05) is 0 Å². The number of carbonyl (C=O) groups is 1. The van der Waals surface area contributed by atoms with E-state index in [2.05, 4.69) is 5.32 Å². The van der Waals surface area contributed by atoms with Crippen LogP contribution in [-0.2, 0) is 4.79 Å². The van der Waals surface area contributed by atoms with E-state index in [0.717, 1.165) is 18.4 Å². The van der Waals surface area contributed by atoms with E-state index in [0.29, 0.717) is 5.69 Å². The second-order valence-corrected chi connectivity index (χ2v) is 5.16. The number of benzene rings is 1. The number of hydrogen-bond acceptors (Lipinski definition) is 4. The number of carboxylic acid groups (broad SMARTS) is 1. The summed E-state index contributed by atoms with van der Waals surface area (Å²) in [4.78, 5) is 21.7. The second-order valence-electron chi connectivity index (χ2n) is 5.16. The van der Waals surface area contributed by atoms with Crippen molar-refractivity contribution in [2.75, 3.05) is 5.32 Å². The Hall–Kier alpha value is -2.11. The Morgan fingerprint density at radius 3 is 2.63 bits per heavy atom. The molecule has 0 radical (unpaired) electrons. The molecule has 6 nitrogen and oxygen atoms in total. The van der Waals surface area contributed by atoms with Gasteiger partial charge in [-0.25, -0.2) is 4.79 Å². The maximum atomic E-state index is 11.4. The second kappa shape index (κ2) is 4.53. The summed E-state index contributed by atoms with van der Waals surface area (Å²) in [6.45, 7) is 3.42. The van der Waals surface area contributed by atoms with Crippen LogP contribution < -0.4 is 5.32 Å². The summed E-state index contributed by atoms with van der Waals surface area (Å²) >= 11 is 0. The molecule has 6 heteroatoms. The molecule has 2 rings (SSSR count). The molecule has 1 atom stereocenters. The van der Waals surface area contributed by atoms with Crippen LogP contribution in [0.15, 0.2) is 18.2 Å². The summed E-state index contributed by atoms with van der Waals surface area (Å²) in [6.07, 6.45) is 1.73. The van der Waals surface area contributed by atoms with Crippen LogP contribution in [0.25, 0.3) is 0 Å². The van der Waals surface area contributed by atoms with Crippen LogP contribution in [0.3, 0.4) is 0 Å². The molecule has 0 bridgehead atoms. The van der Waals surface area contributed by atoms with Crippen molar-refractivity contribution < 1.29 is 14.8 Å². The number of non-ortho nitro benzene ring substituents is 1. The summed E-state index contributed by atoms with van der Waals surface area (Å²) < 4.78 is 0. The minimum Gasteiger partial charge on any atom is -0.480 e. The minimum absolute atomic E-state index is 0.0448. The van der Waals surface area contributed by atoms with Gasteiger partial charge in [0, 0.05) is 17.8 Å². The first-order valence-electron chi connectivity index (χ1n) is 6.11. The summed E-state index contributed by atoms with van der Waals surface area (Å²) in [5, 5.41) is 23.1. The quantitative estimate of drug-likeness (QED) is 0.629. The highest BCUT2D eigenvalue weighted by Crippen LogP contribution is 2.42. The van der Waals surface area contributed by atoms with Crippen molar-refractivity contribution in [3.05, 3.63) is 33.9 Å². The predicted molar refractivity (Wildman–Crippen MR) is 70.2 cm³/mol. The van der Waals surface area contributed by atoms with Gasteiger partial charge in [-0.2, -0.15) is 0 Å². The number of nitro groups is 1. The number of nitrogens with zero attached hydrogens (tertiary/aromatic N) is 1. The third-order valence-electron chi connectivity index (χ3n) is 3.66. The van der Waals surface area contributed by atoms with Crippen molar-refractivity contribution in [2.45, 2.75) is 32.2 Å². The smallest absolute Gasteiger partial charge is 0.329 e.